The summed E-state index contributed by atoms with van der Waals surface area (Å²) in [5, 5.41) is 20.7. The Kier molecular flexibility index (Phi) is 3.37. The lowest BCUT2D eigenvalue weighted by atomic mass is 9.41. The highest BCUT2D eigenvalue weighted by atomic mass is 16.3. The fraction of sp³-hybridized carbons (Fsp3) is 0.950. The van der Waals surface area contributed by atoms with Crippen LogP contribution in [0.5, 0.6) is 0 Å². The molecule has 4 rings (SSSR count). The van der Waals surface area contributed by atoms with Crippen molar-refractivity contribution in [2.24, 2.45) is 34.0 Å². The summed E-state index contributed by atoms with van der Waals surface area (Å²) in [6.45, 7) is 4.55. The van der Waals surface area contributed by atoms with Gasteiger partial charge in [-0.25, -0.2) is 0 Å². The van der Waals surface area contributed by atoms with Gasteiger partial charge in [-0.1, -0.05) is 20.3 Å². The molecule has 4 saturated carbocycles. The molecular formula is C20H32O3. The van der Waals surface area contributed by atoms with Gasteiger partial charge in [0.15, 0.2) is 0 Å². The van der Waals surface area contributed by atoms with Crippen molar-refractivity contribution in [3.8, 4) is 0 Å². The zero-order valence-corrected chi connectivity index (χ0v) is 14.7. The first-order valence-corrected chi connectivity index (χ1v) is 9.62. The zero-order valence-electron chi connectivity index (χ0n) is 14.7. The van der Waals surface area contributed by atoms with Gasteiger partial charge in [-0.05, 0) is 80.0 Å². The van der Waals surface area contributed by atoms with Crippen LogP contribution < -0.4 is 0 Å². The summed E-state index contributed by atoms with van der Waals surface area (Å²) >= 11 is 0. The first-order valence-electron chi connectivity index (χ1n) is 9.62. The molecule has 0 heterocycles. The van der Waals surface area contributed by atoms with Gasteiger partial charge in [-0.15, -0.1) is 0 Å². The molecule has 2 bridgehead atoms. The minimum absolute atomic E-state index is 0.0850. The fourth-order valence-corrected chi connectivity index (χ4v) is 8.00. The van der Waals surface area contributed by atoms with Crippen LogP contribution in [-0.2, 0) is 4.79 Å². The van der Waals surface area contributed by atoms with Gasteiger partial charge in [-0.2, -0.15) is 0 Å². The van der Waals surface area contributed by atoms with Crippen LogP contribution in [0, 0.1) is 34.0 Å². The molecule has 4 fully saturated rings. The molecule has 3 heteroatoms. The number of aliphatic hydroxyl groups excluding tert-OH is 1. The second-order valence-electron chi connectivity index (χ2n) is 9.91. The maximum Gasteiger partial charge on any atom is 0.126 e. The van der Waals surface area contributed by atoms with Crippen LogP contribution in [-0.4, -0.2) is 28.7 Å². The number of fused-ring (bicyclic) bond motifs is 3. The molecule has 4 aliphatic carbocycles. The first-order chi connectivity index (χ1) is 10.8. The van der Waals surface area contributed by atoms with Crippen molar-refractivity contribution in [2.75, 3.05) is 6.61 Å². The van der Waals surface area contributed by atoms with E-state index in [9.17, 15) is 15.0 Å². The molecule has 0 aliphatic heterocycles. The van der Waals surface area contributed by atoms with Crippen molar-refractivity contribution < 1.29 is 15.0 Å². The van der Waals surface area contributed by atoms with E-state index in [0.717, 1.165) is 44.9 Å². The summed E-state index contributed by atoms with van der Waals surface area (Å²) in [6.07, 6.45) is 11.0. The SMILES string of the molecule is C[C@@]12CCC[C@@](C)(C=O)C1CC[C@@]13C[C@H](CCC12)[C@@](O)(CO)C3. The van der Waals surface area contributed by atoms with Crippen molar-refractivity contribution in [2.45, 2.75) is 77.2 Å². The van der Waals surface area contributed by atoms with Gasteiger partial charge in [0.25, 0.3) is 0 Å². The lowest BCUT2D eigenvalue weighted by Gasteiger charge is -2.63. The van der Waals surface area contributed by atoms with Gasteiger partial charge in [0.05, 0.1) is 12.2 Å². The van der Waals surface area contributed by atoms with Gasteiger partial charge in [0.2, 0.25) is 0 Å². The summed E-state index contributed by atoms with van der Waals surface area (Å²) in [6, 6.07) is 0. The largest absolute Gasteiger partial charge is 0.393 e. The number of aldehydes is 1. The molecule has 7 atom stereocenters. The fourth-order valence-electron chi connectivity index (χ4n) is 8.00. The highest BCUT2D eigenvalue weighted by molar-refractivity contribution is 5.60. The van der Waals surface area contributed by atoms with E-state index in [1.165, 1.54) is 19.1 Å². The van der Waals surface area contributed by atoms with E-state index >= 15 is 0 Å². The first kappa shape index (κ1) is 16.1. The van der Waals surface area contributed by atoms with E-state index in [4.69, 9.17) is 0 Å². The molecule has 3 nitrogen and oxygen atoms in total. The average molecular weight is 320 g/mol. The average Bonchev–Trinajstić information content (AvgIpc) is 2.74. The summed E-state index contributed by atoms with van der Waals surface area (Å²) in [7, 11) is 0. The van der Waals surface area contributed by atoms with E-state index in [1.807, 2.05) is 0 Å². The van der Waals surface area contributed by atoms with Crippen LogP contribution >= 0.6 is 0 Å². The zero-order chi connectivity index (χ0) is 16.5. The molecule has 0 radical (unpaired) electrons. The van der Waals surface area contributed by atoms with Crippen molar-refractivity contribution >= 4 is 6.29 Å². The Morgan fingerprint density at radius 1 is 1.09 bits per heavy atom. The lowest BCUT2D eigenvalue weighted by Crippen LogP contribution is -2.56. The van der Waals surface area contributed by atoms with Crippen molar-refractivity contribution in [1.29, 1.82) is 0 Å². The van der Waals surface area contributed by atoms with Crippen LogP contribution in [0.3, 0.4) is 0 Å². The predicted molar refractivity (Wildman–Crippen MR) is 88.8 cm³/mol. The number of aliphatic hydroxyl groups is 2. The van der Waals surface area contributed by atoms with Crippen LogP contribution in [0.25, 0.3) is 0 Å². The van der Waals surface area contributed by atoms with Crippen molar-refractivity contribution in [3.05, 3.63) is 0 Å². The molecular weight excluding hydrogens is 288 g/mol. The number of carbonyl (C=O) groups is 1. The van der Waals surface area contributed by atoms with Gasteiger partial charge < -0.3 is 15.0 Å². The Labute approximate surface area is 139 Å². The predicted octanol–water partition coefficient (Wildman–Crippen LogP) is 3.32. The molecule has 130 valence electrons. The van der Waals surface area contributed by atoms with E-state index in [2.05, 4.69) is 13.8 Å². The Bertz CT molecular complexity index is 519. The monoisotopic (exact) mass is 320 g/mol. The molecule has 2 unspecified atom stereocenters. The lowest BCUT2D eigenvalue weighted by molar-refractivity contribution is -0.157. The van der Waals surface area contributed by atoms with Gasteiger partial charge >= 0.3 is 0 Å². The van der Waals surface area contributed by atoms with Crippen LogP contribution in [0.15, 0.2) is 0 Å². The van der Waals surface area contributed by atoms with E-state index in [-0.39, 0.29) is 28.8 Å². The van der Waals surface area contributed by atoms with Gasteiger partial charge in [-0.3, -0.25) is 0 Å². The Hall–Kier alpha value is -0.410. The minimum Gasteiger partial charge on any atom is -0.393 e. The maximum absolute atomic E-state index is 11.9. The Morgan fingerprint density at radius 3 is 2.57 bits per heavy atom. The normalized spacial score (nSPS) is 58.3. The Balaban J connectivity index is 1.72. The van der Waals surface area contributed by atoms with Crippen LogP contribution in [0.4, 0.5) is 0 Å². The van der Waals surface area contributed by atoms with E-state index in [1.54, 1.807) is 0 Å². The quantitative estimate of drug-likeness (QED) is 0.767. The summed E-state index contributed by atoms with van der Waals surface area (Å²) in [5.74, 6) is 1.39. The van der Waals surface area contributed by atoms with Gasteiger partial charge in [0.1, 0.15) is 6.29 Å². The summed E-state index contributed by atoms with van der Waals surface area (Å²) in [5.41, 5.74) is -0.553. The number of carbonyl (C=O) groups excluding carboxylic acids is 1. The molecule has 23 heavy (non-hydrogen) atoms. The van der Waals surface area contributed by atoms with Gasteiger partial charge in [0, 0.05) is 5.41 Å². The molecule has 0 saturated heterocycles. The van der Waals surface area contributed by atoms with Crippen molar-refractivity contribution in [1.82, 2.24) is 0 Å². The standard InChI is InChI=1S/C20H32O3/c1-17(12-21)7-3-8-18(2)15(17)6-9-19-10-14(4-5-16(18)19)20(23,11-19)13-22/h12,14-16,22-23H,3-11,13H2,1-2H3/t14-,15?,16?,17-,18+,19-,20-/m0/s1. The van der Waals surface area contributed by atoms with E-state index in [0.29, 0.717) is 11.8 Å². The third-order valence-corrected chi connectivity index (χ3v) is 8.91. The number of hydrogen-bond acceptors (Lipinski definition) is 3. The van der Waals surface area contributed by atoms with E-state index < -0.39 is 5.60 Å². The molecule has 0 aromatic heterocycles. The molecule has 0 aromatic rings. The smallest absolute Gasteiger partial charge is 0.126 e. The summed E-state index contributed by atoms with van der Waals surface area (Å²) < 4.78 is 0. The third kappa shape index (κ3) is 1.93. The highest BCUT2D eigenvalue weighted by Crippen LogP contribution is 2.72. The van der Waals surface area contributed by atoms with Crippen LogP contribution in [0.1, 0.15) is 71.6 Å². The summed E-state index contributed by atoms with van der Waals surface area (Å²) in [4.78, 5) is 11.9. The third-order valence-electron chi connectivity index (χ3n) is 8.91. The molecule has 0 amide bonds. The topological polar surface area (TPSA) is 57.5 Å². The number of hydrogen-bond donors (Lipinski definition) is 2. The molecule has 1 spiro atoms. The molecule has 2 N–H and O–H groups in total. The second-order valence-corrected chi connectivity index (χ2v) is 9.91. The second kappa shape index (κ2) is 4.82. The maximum atomic E-state index is 11.9. The molecule has 4 aliphatic rings. The van der Waals surface area contributed by atoms with Crippen molar-refractivity contribution in [3.63, 3.8) is 0 Å². The highest BCUT2D eigenvalue weighted by Gasteiger charge is 2.67. The minimum atomic E-state index is -0.847. The molecule has 0 aromatic carbocycles. The number of rotatable bonds is 2. The Morgan fingerprint density at radius 2 is 1.87 bits per heavy atom. The van der Waals surface area contributed by atoms with Crippen LogP contribution in [0.2, 0.25) is 0 Å².